The van der Waals surface area contributed by atoms with E-state index in [-0.39, 0.29) is 0 Å². The average Bonchev–Trinajstić information content (AvgIpc) is 2.29. The summed E-state index contributed by atoms with van der Waals surface area (Å²) in [6, 6.07) is 6.80. The Kier molecular flexibility index (Phi) is 5.61. The van der Waals surface area contributed by atoms with Crippen molar-refractivity contribution < 1.29 is 13.2 Å². The Balaban J connectivity index is 2.48. The molecule has 0 aliphatic rings. The predicted molar refractivity (Wildman–Crippen MR) is 67.5 cm³/mol. The van der Waals surface area contributed by atoms with E-state index in [4.69, 9.17) is 4.74 Å². The first-order valence-corrected chi connectivity index (χ1v) is 7.18. The van der Waals surface area contributed by atoms with Gasteiger partial charge in [-0.2, -0.15) is 0 Å². The number of nitrogens with one attached hydrogen (secondary N) is 1. The van der Waals surface area contributed by atoms with Gasteiger partial charge in [-0.25, -0.2) is 13.1 Å². The third-order valence-corrected chi connectivity index (χ3v) is 3.77. The van der Waals surface area contributed by atoms with Crippen molar-refractivity contribution in [3.63, 3.8) is 0 Å². The highest BCUT2D eigenvalue weighted by molar-refractivity contribution is 7.89. The fourth-order valence-corrected chi connectivity index (χ4v) is 2.40. The first-order valence-electron chi connectivity index (χ1n) is 5.70. The largest absolute Gasteiger partial charge is 0.382 e. The topological polar surface area (TPSA) is 55.4 Å². The van der Waals surface area contributed by atoms with Crippen LogP contribution in [0.15, 0.2) is 29.2 Å². The summed E-state index contributed by atoms with van der Waals surface area (Å²) < 4.78 is 31.3. The zero-order valence-corrected chi connectivity index (χ0v) is 11.1. The van der Waals surface area contributed by atoms with Crippen LogP contribution in [0.5, 0.6) is 0 Å². The molecule has 0 atom stereocenters. The highest BCUT2D eigenvalue weighted by atomic mass is 32.2. The van der Waals surface area contributed by atoms with Crippen molar-refractivity contribution in [2.75, 3.05) is 19.8 Å². The summed E-state index contributed by atoms with van der Waals surface area (Å²) >= 11 is 0. The van der Waals surface area contributed by atoms with E-state index in [9.17, 15) is 8.42 Å². The van der Waals surface area contributed by atoms with Crippen LogP contribution < -0.4 is 4.72 Å². The van der Waals surface area contributed by atoms with Gasteiger partial charge in [-0.1, -0.05) is 17.7 Å². The maximum atomic E-state index is 11.8. The minimum atomic E-state index is -3.37. The highest BCUT2D eigenvalue weighted by Crippen LogP contribution is 2.09. The number of hydrogen-bond donors (Lipinski definition) is 1. The highest BCUT2D eigenvalue weighted by Gasteiger charge is 2.12. The van der Waals surface area contributed by atoms with Crippen molar-refractivity contribution in [2.24, 2.45) is 0 Å². The summed E-state index contributed by atoms with van der Waals surface area (Å²) in [5, 5.41) is 0. The van der Waals surface area contributed by atoms with Gasteiger partial charge in [0.2, 0.25) is 10.0 Å². The Morgan fingerprint density at radius 2 is 1.88 bits per heavy atom. The number of ether oxygens (including phenoxy) is 1. The molecule has 0 saturated carbocycles. The summed E-state index contributed by atoms with van der Waals surface area (Å²) in [6.45, 7) is 5.47. The lowest BCUT2D eigenvalue weighted by atomic mass is 10.2. The van der Waals surface area contributed by atoms with Crippen molar-refractivity contribution >= 4 is 10.0 Å². The first-order chi connectivity index (χ1) is 8.06. The number of aryl methyl sites for hydroxylation is 1. The molecule has 0 spiro atoms. The van der Waals surface area contributed by atoms with E-state index in [1.165, 1.54) is 0 Å². The molecule has 0 bridgehead atoms. The summed E-state index contributed by atoms with van der Waals surface area (Å²) in [7, 11) is -3.37. The van der Waals surface area contributed by atoms with Crippen LogP contribution in [0.25, 0.3) is 0 Å². The van der Waals surface area contributed by atoms with E-state index in [1.807, 2.05) is 13.8 Å². The Hall–Kier alpha value is -0.910. The fourth-order valence-electron chi connectivity index (χ4n) is 1.33. The summed E-state index contributed by atoms with van der Waals surface area (Å²) in [6.07, 6.45) is 0.679. The third-order valence-electron chi connectivity index (χ3n) is 2.29. The molecule has 0 unspecified atom stereocenters. The van der Waals surface area contributed by atoms with E-state index in [0.717, 1.165) is 5.56 Å². The molecule has 0 aliphatic heterocycles. The monoisotopic (exact) mass is 257 g/mol. The molecule has 0 heterocycles. The molecule has 0 aliphatic carbocycles. The van der Waals surface area contributed by atoms with Crippen LogP contribution in [0.3, 0.4) is 0 Å². The molecule has 0 amide bonds. The van der Waals surface area contributed by atoms with Crippen LogP contribution in [0.1, 0.15) is 18.9 Å². The summed E-state index contributed by atoms with van der Waals surface area (Å²) in [5.41, 5.74) is 1.04. The van der Waals surface area contributed by atoms with Gasteiger partial charge >= 0.3 is 0 Å². The molecule has 1 rings (SSSR count). The Labute approximate surface area is 103 Å². The smallest absolute Gasteiger partial charge is 0.240 e. The fraction of sp³-hybridized carbons (Fsp3) is 0.500. The van der Waals surface area contributed by atoms with Crippen LogP contribution in [0, 0.1) is 6.92 Å². The molecule has 1 N–H and O–H groups in total. The van der Waals surface area contributed by atoms with E-state index in [1.54, 1.807) is 24.3 Å². The van der Waals surface area contributed by atoms with Gasteiger partial charge < -0.3 is 4.74 Å². The molecular formula is C12H19NO3S. The van der Waals surface area contributed by atoms with E-state index in [2.05, 4.69) is 4.72 Å². The second-order valence-corrected chi connectivity index (χ2v) is 5.53. The van der Waals surface area contributed by atoms with Crippen LogP contribution in [-0.2, 0) is 14.8 Å². The molecule has 1 aromatic rings. The van der Waals surface area contributed by atoms with Gasteiger partial charge in [-0.15, -0.1) is 0 Å². The zero-order chi connectivity index (χ0) is 12.7. The second-order valence-electron chi connectivity index (χ2n) is 3.76. The van der Waals surface area contributed by atoms with Gasteiger partial charge in [-0.05, 0) is 32.4 Å². The molecule has 17 heavy (non-hydrogen) atoms. The number of benzene rings is 1. The Bertz CT molecular complexity index is 426. The van der Waals surface area contributed by atoms with Crippen LogP contribution in [0.4, 0.5) is 0 Å². The van der Waals surface area contributed by atoms with Gasteiger partial charge in [0.05, 0.1) is 4.90 Å². The van der Waals surface area contributed by atoms with Gasteiger partial charge in [0.15, 0.2) is 0 Å². The van der Waals surface area contributed by atoms with Gasteiger partial charge in [0.1, 0.15) is 0 Å². The maximum absolute atomic E-state index is 11.8. The molecule has 0 radical (unpaired) electrons. The van der Waals surface area contributed by atoms with Crippen molar-refractivity contribution in [1.82, 2.24) is 4.72 Å². The van der Waals surface area contributed by atoms with Gasteiger partial charge in [0, 0.05) is 19.8 Å². The molecule has 0 aromatic heterocycles. The standard InChI is InChI=1S/C12H19NO3S/c1-3-16-10-4-9-13-17(14,15)12-7-5-11(2)6-8-12/h5-8,13H,3-4,9-10H2,1-2H3. The lowest BCUT2D eigenvalue weighted by Crippen LogP contribution is -2.25. The van der Waals surface area contributed by atoms with Gasteiger partial charge in [0.25, 0.3) is 0 Å². The molecular weight excluding hydrogens is 238 g/mol. The number of sulfonamides is 1. The van der Waals surface area contributed by atoms with Crippen LogP contribution >= 0.6 is 0 Å². The molecule has 0 saturated heterocycles. The van der Waals surface area contributed by atoms with Crippen molar-refractivity contribution in [3.8, 4) is 0 Å². The second kappa shape index (κ2) is 6.74. The lowest BCUT2D eigenvalue weighted by Gasteiger charge is -2.07. The summed E-state index contributed by atoms with van der Waals surface area (Å²) in [5.74, 6) is 0. The van der Waals surface area contributed by atoms with E-state index < -0.39 is 10.0 Å². The molecule has 1 aromatic carbocycles. The van der Waals surface area contributed by atoms with Gasteiger partial charge in [-0.3, -0.25) is 0 Å². The van der Waals surface area contributed by atoms with Crippen LogP contribution in [0.2, 0.25) is 0 Å². The molecule has 96 valence electrons. The van der Waals surface area contributed by atoms with Crippen molar-refractivity contribution in [1.29, 1.82) is 0 Å². The van der Waals surface area contributed by atoms with Crippen molar-refractivity contribution in [3.05, 3.63) is 29.8 Å². The minimum Gasteiger partial charge on any atom is -0.382 e. The number of rotatable bonds is 7. The SMILES string of the molecule is CCOCCCNS(=O)(=O)c1ccc(C)cc1. The maximum Gasteiger partial charge on any atom is 0.240 e. The Morgan fingerprint density at radius 3 is 2.47 bits per heavy atom. The van der Waals surface area contributed by atoms with E-state index in [0.29, 0.717) is 31.1 Å². The quantitative estimate of drug-likeness (QED) is 0.756. The van der Waals surface area contributed by atoms with Crippen molar-refractivity contribution in [2.45, 2.75) is 25.2 Å². The summed E-state index contributed by atoms with van der Waals surface area (Å²) in [4.78, 5) is 0.305. The lowest BCUT2D eigenvalue weighted by molar-refractivity contribution is 0.146. The normalized spacial score (nSPS) is 11.6. The number of hydrogen-bond acceptors (Lipinski definition) is 3. The molecule has 0 fully saturated rings. The van der Waals surface area contributed by atoms with E-state index >= 15 is 0 Å². The predicted octanol–water partition coefficient (Wildman–Crippen LogP) is 1.70. The molecule has 4 nitrogen and oxygen atoms in total. The average molecular weight is 257 g/mol. The Morgan fingerprint density at radius 1 is 1.24 bits per heavy atom. The molecule has 5 heteroatoms. The third kappa shape index (κ3) is 4.85. The first kappa shape index (κ1) is 14.2. The van der Waals surface area contributed by atoms with Crippen LogP contribution in [-0.4, -0.2) is 28.2 Å². The zero-order valence-electron chi connectivity index (χ0n) is 10.3. The minimum absolute atomic E-state index is 0.305.